The van der Waals surface area contributed by atoms with Gasteiger partial charge >= 0.3 is 0 Å². The fourth-order valence-corrected chi connectivity index (χ4v) is 5.00. The van der Waals surface area contributed by atoms with Crippen LogP contribution in [0, 0.1) is 0 Å². The Balaban J connectivity index is 1.68. The van der Waals surface area contributed by atoms with Crippen LogP contribution in [0.1, 0.15) is 34.1 Å². The first kappa shape index (κ1) is 15.7. The van der Waals surface area contributed by atoms with Gasteiger partial charge in [-0.15, -0.1) is 0 Å². The molecule has 3 atom stereocenters. The Bertz CT molecular complexity index is 1210. The van der Waals surface area contributed by atoms with E-state index < -0.39 is 0 Å². The largest absolute Gasteiger partial charge is 0.485 e. The van der Waals surface area contributed by atoms with Gasteiger partial charge in [-0.3, -0.25) is 0 Å². The Kier molecular flexibility index (Phi) is 3.42. The van der Waals surface area contributed by atoms with Crippen molar-refractivity contribution in [1.29, 1.82) is 0 Å². The molecular formula is C27H20O. The molecule has 2 aliphatic rings. The molecule has 1 heterocycles. The van der Waals surface area contributed by atoms with E-state index in [1.165, 1.54) is 33.0 Å². The van der Waals surface area contributed by atoms with Gasteiger partial charge in [0.1, 0.15) is 11.9 Å². The lowest BCUT2D eigenvalue weighted by atomic mass is 9.69. The van der Waals surface area contributed by atoms with E-state index >= 15 is 0 Å². The molecule has 0 radical (unpaired) electrons. The second-order valence-corrected chi connectivity index (χ2v) is 7.68. The predicted molar refractivity (Wildman–Crippen MR) is 115 cm³/mol. The number of rotatable bonds is 1. The molecule has 0 aromatic heterocycles. The van der Waals surface area contributed by atoms with Crippen LogP contribution in [0.25, 0.3) is 16.8 Å². The Morgan fingerprint density at radius 1 is 0.679 bits per heavy atom. The van der Waals surface area contributed by atoms with Crippen LogP contribution in [-0.4, -0.2) is 6.10 Å². The monoisotopic (exact) mass is 360 g/mol. The summed E-state index contributed by atoms with van der Waals surface area (Å²) in [4.78, 5) is 0. The summed E-state index contributed by atoms with van der Waals surface area (Å²) in [6.07, 6.45) is 4.50. The minimum atomic E-state index is 0.0498. The van der Waals surface area contributed by atoms with Crippen molar-refractivity contribution in [2.24, 2.45) is 0 Å². The first-order valence-electron chi connectivity index (χ1n) is 9.90. The quantitative estimate of drug-likeness (QED) is 0.374. The molecule has 1 heteroatoms. The van der Waals surface area contributed by atoms with Gasteiger partial charge in [0.2, 0.25) is 0 Å². The molecule has 1 nitrogen and oxygen atoms in total. The number of fused-ring (bicyclic) bond motifs is 6. The lowest BCUT2D eigenvalue weighted by molar-refractivity contribution is 0.181. The molecular weight excluding hydrogens is 340 g/mol. The zero-order valence-electron chi connectivity index (χ0n) is 15.5. The lowest BCUT2D eigenvalue weighted by Crippen LogP contribution is -2.35. The van der Waals surface area contributed by atoms with Crippen LogP contribution in [0.2, 0.25) is 0 Å². The number of hydrogen-bond acceptors (Lipinski definition) is 1. The zero-order chi connectivity index (χ0) is 18.5. The van der Waals surface area contributed by atoms with E-state index in [0.717, 1.165) is 5.75 Å². The third kappa shape index (κ3) is 2.26. The number of hydrogen-bond donors (Lipinski definition) is 0. The van der Waals surface area contributed by atoms with Gasteiger partial charge in [0, 0.05) is 17.4 Å². The molecule has 134 valence electrons. The minimum Gasteiger partial charge on any atom is -0.485 e. The standard InChI is InChI=1S/C27H20O/c1-2-10-20(11-3-1)25-26-21-12-6-4-8-18(21)14-16-23(26)28-24-17-15-19-9-5-7-13-22(19)27(24)25/h1-17,23,25-26H. The van der Waals surface area contributed by atoms with Gasteiger partial charge < -0.3 is 4.74 Å². The molecule has 4 aromatic carbocycles. The summed E-state index contributed by atoms with van der Waals surface area (Å²) in [5.41, 5.74) is 5.35. The summed E-state index contributed by atoms with van der Waals surface area (Å²) < 4.78 is 6.57. The predicted octanol–water partition coefficient (Wildman–Crippen LogP) is 6.54. The maximum atomic E-state index is 6.57. The van der Waals surface area contributed by atoms with Gasteiger partial charge in [0.15, 0.2) is 0 Å². The van der Waals surface area contributed by atoms with E-state index in [1.54, 1.807) is 0 Å². The maximum absolute atomic E-state index is 6.57. The summed E-state index contributed by atoms with van der Waals surface area (Å²) in [6.45, 7) is 0. The molecule has 0 bridgehead atoms. The molecule has 3 unspecified atom stereocenters. The van der Waals surface area contributed by atoms with E-state index in [-0.39, 0.29) is 17.9 Å². The number of benzene rings is 4. The average molecular weight is 360 g/mol. The van der Waals surface area contributed by atoms with Crippen LogP contribution >= 0.6 is 0 Å². The average Bonchev–Trinajstić information content (AvgIpc) is 2.78. The van der Waals surface area contributed by atoms with Gasteiger partial charge in [-0.05, 0) is 39.6 Å². The Morgan fingerprint density at radius 3 is 2.39 bits per heavy atom. The second kappa shape index (κ2) is 6.10. The van der Waals surface area contributed by atoms with Gasteiger partial charge in [-0.25, -0.2) is 0 Å². The lowest BCUT2D eigenvalue weighted by Gasteiger charge is -2.42. The first-order chi connectivity index (χ1) is 13.9. The third-order valence-electron chi connectivity index (χ3n) is 6.20. The van der Waals surface area contributed by atoms with Crippen molar-refractivity contribution in [2.45, 2.75) is 17.9 Å². The molecule has 0 fully saturated rings. The van der Waals surface area contributed by atoms with Crippen molar-refractivity contribution in [3.05, 3.63) is 119 Å². The highest BCUT2D eigenvalue weighted by molar-refractivity contribution is 5.89. The van der Waals surface area contributed by atoms with Gasteiger partial charge in [-0.2, -0.15) is 0 Å². The van der Waals surface area contributed by atoms with Crippen molar-refractivity contribution in [3.63, 3.8) is 0 Å². The smallest absolute Gasteiger partial charge is 0.125 e. The number of ether oxygens (including phenoxy) is 1. The zero-order valence-corrected chi connectivity index (χ0v) is 15.5. The van der Waals surface area contributed by atoms with Crippen LogP contribution in [0.15, 0.2) is 97.1 Å². The highest BCUT2D eigenvalue weighted by Crippen LogP contribution is 2.53. The summed E-state index contributed by atoms with van der Waals surface area (Å²) in [7, 11) is 0. The highest BCUT2D eigenvalue weighted by atomic mass is 16.5. The van der Waals surface area contributed by atoms with Crippen LogP contribution in [0.3, 0.4) is 0 Å². The summed E-state index contributed by atoms with van der Waals surface area (Å²) in [6, 6.07) is 32.7. The SMILES string of the molecule is C1=CC2Oc3ccc4ccccc4c3C(c3ccccc3)C2c2ccccc21. The van der Waals surface area contributed by atoms with Crippen LogP contribution in [-0.2, 0) is 0 Å². The molecule has 28 heavy (non-hydrogen) atoms. The van der Waals surface area contributed by atoms with E-state index in [4.69, 9.17) is 4.74 Å². The third-order valence-corrected chi connectivity index (χ3v) is 6.20. The van der Waals surface area contributed by atoms with Crippen molar-refractivity contribution in [1.82, 2.24) is 0 Å². The normalized spacial score (nSPS) is 22.1. The van der Waals surface area contributed by atoms with Crippen LogP contribution in [0.4, 0.5) is 0 Å². The molecule has 6 rings (SSSR count). The summed E-state index contributed by atoms with van der Waals surface area (Å²) >= 11 is 0. The Morgan fingerprint density at radius 2 is 1.46 bits per heavy atom. The molecule has 0 N–H and O–H groups in total. The highest BCUT2D eigenvalue weighted by Gasteiger charge is 2.42. The van der Waals surface area contributed by atoms with Gasteiger partial charge in [0.05, 0.1) is 0 Å². The fraction of sp³-hybridized carbons (Fsp3) is 0.111. The topological polar surface area (TPSA) is 9.23 Å². The van der Waals surface area contributed by atoms with Crippen molar-refractivity contribution >= 4 is 16.8 Å². The van der Waals surface area contributed by atoms with Crippen molar-refractivity contribution in [3.8, 4) is 5.75 Å². The van der Waals surface area contributed by atoms with Gasteiger partial charge in [-0.1, -0.05) is 91.0 Å². The molecule has 0 amide bonds. The molecule has 1 aliphatic heterocycles. The Hall–Kier alpha value is -3.32. The van der Waals surface area contributed by atoms with E-state index in [0.29, 0.717) is 0 Å². The van der Waals surface area contributed by atoms with E-state index in [1.807, 2.05) is 0 Å². The maximum Gasteiger partial charge on any atom is 0.125 e. The molecule has 0 saturated heterocycles. The van der Waals surface area contributed by atoms with Crippen LogP contribution in [0.5, 0.6) is 5.75 Å². The molecule has 4 aromatic rings. The summed E-state index contributed by atoms with van der Waals surface area (Å²) in [5.74, 6) is 1.53. The fourth-order valence-electron chi connectivity index (χ4n) is 5.00. The minimum absolute atomic E-state index is 0.0498. The molecule has 0 spiro atoms. The Labute approximate surface area is 164 Å². The van der Waals surface area contributed by atoms with Crippen molar-refractivity contribution < 1.29 is 4.74 Å². The first-order valence-corrected chi connectivity index (χ1v) is 9.90. The summed E-state index contributed by atoms with van der Waals surface area (Å²) in [5, 5.41) is 2.56. The van der Waals surface area contributed by atoms with E-state index in [2.05, 4.69) is 103 Å². The van der Waals surface area contributed by atoms with Crippen LogP contribution < -0.4 is 4.74 Å². The molecule has 1 aliphatic carbocycles. The molecule has 0 saturated carbocycles. The van der Waals surface area contributed by atoms with Crippen molar-refractivity contribution in [2.75, 3.05) is 0 Å². The van der Waals surface area contributed by atoms with Gasteiger partial charge in [0.25, 0.3) is 0 Å². The van der Waals surface area contributed by atoms with E-state index in [9.17, 15) is 0 Å². The second-order valence-electron chi connectivity index (χ2n) is 7.68.